The predicted molar refractivity (Wildman–Crippen MR) is 62.1 cm³/mol. The average molecular weight is 212 g/mol. The Hall–Kier alpha value is -0.120. The lowest BCUT2D eigenvalue weighted by atomic mass is 10.0. The fraction of sp³-hybridized carbons (Fsp3) is 1.00. The van der Waals surface area contributed by atoms with Crippen LogP contribution in [-0.4, -0.2) is 39.4 Å². The van der Waals surface area contributed by atoms with Crippen molar-refractivity contribution in [1.82, 2.24) is 10.6 Å². The minimum absolute atomic E-state index is 0.593. The number of rotatable bonds is 9. The molecule has 15 heavy (non-hydrogen) atoms. The Morgan fingerprint density at radius 3 is 2.67 bits per heavy atom. The van der Waals surface area contributed by atoms with Crippen molar-refractivity contribution in [2.24, 2.45) is 5.41 Å². The van der Waals surface area contributed by atoms with Gasteiger partial charge in [0.25, 0.3) is 0 Å². The van der Waals surface area contributed by atoms with Gasteiger partial charge in [0.1, 0.15) is 0 Å². The van der Waals surface area contributed by atoms with Gasteiger partial charge in [-0.25, -0.2) is 0 Å². The summed E-state index contributed by atoms with van der Waals surface area (Å²) in [6.45, 7) is 4.35. The normalized spacial score (nSPS) is 23.0. The van der Waals surface area contributed by atoms with Gasteiger partial charge in [-0.05, 0) is 37.5 Å². The third kappa shape index (κ3) is 4.09. The van der Waals surface area contributed by atoms with Crippen LogP contribution in [0.4, 0.5) is 0 Å². The van der Waals surface area contributed by atoms with Crippen LogP contribution in [0.1, 0.15) is 32.1 Å². The first-order valence-electron chi connectivity index (χ1n) is 6.28. The van der Waals surface area contributed by atoms with Gasteiger partial charge in [0.15, 0.2) is 0 Å². The van der Waals surface area contributed by atoms with Crippen molar-refractivity contribution in [2.75, 3.05) is 33.4 Å². The van der Waals surface area contributed by atoms with Crippen molar-refractivity contribution in [1.29, 1.82) is 0 Å². The molecule has 2 N–H and O–H groups in total. The number of ether oxygens (including phenoxy) is 1. The van der Waals surface area contributed by atoms with Crippen molar-refractivity contribution in [3.05, 3.63) is 0 Å². The first-order valence-corrected chi connectivity index (χ1v) is 6.28. The summed E-state index contributed by atoms with van der Waals surface area (Å²) in [4.78, 5) is 0. The fourth-order valence-electron chi connectivity index (χ4n) is 2.02. The Kier molecular flexibility index (Phi) is 4.00. The summed E-state index contributed by atoms with van der Waals surface area (Å²) in [5.41, 5.74) is 0.593. The Bertz CT molecular complexity index is 188. The highest BCUT2D eigenvalue weighted by molar-refractivity contribution is 4.94. The molecule has 0 aromatic heterocycles. The number of methoxy groups -OCH3 is 1. The molecule has 3 nitrogen and oxygen atoms in total. The molecule has 0 saturated heterocycles. The van der Waals surface area contributed by atoms with E-state index in [0.717, 1.165) is 25.7 Å². The highest BCUT2D eigenvalue weighted by atomic mass is 16.5. The van der Waals surface area contributed by atoms with Crippen LogP contribution in [0, 0.1) is 5.41 Å². The van der Waals surface area contributed by atoms with Gasteiger partial charge in [0, 0.05) is 39.4 Å². The van der Waals surface area contributed by atoms with Gasteiger partial charge in [0.05, 0.1) is 0 Å². The topological polar surface area (TPSA) is 33.3 Å². The van der Waals surface area contributed by atoms with Crippen molar-refractivity contribution in [3.8, 4) is 0 Å². The maximum Gasteiger partial charge on any atom is 0.0468 e. The Morgan fingerprint density at radius 1 is 1.27 bits per heavy atom. The summed E-state index contributed by atoms with van der Waals surface area (Å²) >= 11 is 0. The summed E-state index contributed by atoms with van der Waals surface area (Å²) in [6.07, 6.45) is 6.78. The SMILES string of the molecule is COCCC1(CNCCNC2CC2)CC1. The van der Waals surface area contributed by atoms with E-state index in [1.54, 1.807) is 7.11 Å². The molecule has 88 valence electrons. The quantitative estimate of drug-likeness (QED) is 0.562. The molecule has 0 aromatic rings. The zero-order chi connectivity index (χ0) is 10.6. The Morgan fingerprint density at radius 2 is 2.07 bits per heavy atom. The fourth-order valence-corrected chi connectivity index (χ4v) is 2.02. The molecule has 0 heterocycles. The lowest BCUT2D eigenvalue weighted by Crippen LogP contribution is -2.32. The highest BCUT2D eigenvalue weighted by Gasteiger charge is 2.41. The number of hydrogen-bond acceptors (Lipinski definition) is 3. The molecule has 0 amide bonds. The molecule has 0 aliphatic heterocycles. The number of nitrogens with one attached hydrogen (secondary N) is 2. The summed E-state index contributed by atoms with van der Waals surface area (Å²) in [7, 11) is 1.79. The van der Waals surface area contributed by atoms with E-state index in [-0.39, 0.29) is 0 Å². The monoisotopic (exact) mass is 212 g/mol. The second kappa shape index (κ2) is 5.28. The third-order valence-electron chi connectivity index (χ3n) is 3.61. The highest BCUT2D eigenvalue weighted by Crippen LogP contribution is 2.48. The van der Waals surface area contributed by atoms with Crippen LogP contribution in [0.2, 0.25) is 0 Å². The molecule has 2 rings (SSSR count). The molecule has 2 aliphatic rings. The first-order chi connectivity index (χ1) is 7.35. The second-order valence-electron chi connectivity index (χ2n) is 5.15. The molecule has 0 unspecified atom stereocenters. The van der Waals surface area contributed by atoms with E-state index in [2.05, 4.69) is 10.6 Å². The zero-order valence-electron chi connectivity index (χ0n) is 9.85. The largest absolute Gasteiger partial charge is 0.385 e. The van der Waals surface area contributed by atoms with Gasteiger partial charge in [-0.3, -0.25) is 0 Å². The summed E-state index contributed by atoms with van der Waals surface area (Å²) < 4.78 is 5.14. The van der Waals surface area contributed by atoms with Gasteiger partial charge in [-0.15, -0.1) is 0 Å². The van der Waals surface area contributed by atoms with Gasteiger partial charge in [-0.1, -0.05) is 0 Å². The van der Waals surface area contributed by atoms with E-state index in [1.165, 1.54) is 38.6 Å². The maximum atomic E-state index is 5.14. The minimum Gasteiger partial charge on any atom is -0.385 e. The van der Waals surface area contributed by atoms with E-state index in [4.69, 9.17) is 4.74 Å². The molecular formula is C12H24N2O. The van der Waals surface area contributed by atoms with Crippen molar-refractivity contribution >= 4 is 0 Å². The first kappa shape index (κ1) is 11.4. The van der Waals surface area contributed by atoms with Crippen LogP contribution in [0.3, 0.4) is 0 Å². The Balaban J connectivity index is 1.45. The van der Waals surface area contributed by atoms with Gasteiger partial charge in [0.2, 0.25) is 0 Å². The summed E-state index contributed by atoms with van der Waals surface area (Å²) in [5, 5.41) is 7.08. The molecular weight excluding hydrogens is 188 g/mol. The Labute approximate surface area is 93.0 Å². The van der Waals surface area contributed by atoms with Gasteiger partial charge < -0.3 is 15.4 Å². The van der Waals surface area contributed by atoms with E-state index in [1.807, 2.05) is 0 Å². The molecule has 0 atom stereocenters. The lowest BCUT2D eigenvalue weighted by Gasteiger charge is -2.15. The third-order valence-corrected chi connectivity index (χ3v) is 3.61. The standard InChI is InChI=1S/C12H24N2O/c1-15-9-6-12(4-5-12)10-13-7-8-14-11-2-3-11/h11,13-14H,2-10H2,1H3. The van der Waals surface area contributed by atoms with E-state index in [0.29, 0.717) is 5.41 Å². The smallest absolute Gasteiger partial charge is 0.0468 e. The van der Waals surface area contributed by atoms with Gasteiger partial charge in [-0.2, -0.15) is 0 Å². The molecule has 0 aromatic carbocycles. The van der Waals surface area contributed by atoms with Gasteiger partial charge >= 0.3 is 0 Å². The van der Waals surface area contributed by atoms with Crippen molar-refractivity contribution in [3.63, 3.8) is 0 Å². The lowest BCUT2D eigenvalue weighted by molar-refractivity contribution is 0.171. The number of hydrogen-bond donors (Lipinski definition) is 2. The molecule has 0 spiro atoms. The summed E-state index contributed by atoms with van der Waals surface area (Å²) in [5.74, 6) is 0. The average Bonchev–Trinajstić information content (AvgIpc) is 3.11. The second-order valence-corrected chi connectivity index (χ2v) is 5.15. The molecule has 0 bridgehead atoms. The van der Waals surface area contributed by atoms with Crippen LogP contribution >= 0.6 is 0 Å². The maximum absolute atomic E-state index is 5.14. The molecule has 3 heteroatoms. The van der Waals surface area contributed by atoms with Crippen LogP contribution in [0.25, 0.3) is 0 Å². The van der Waals surface area contributed by atoms with Crippen molar-refractivity contribution < 1.29 is 4.74 Å². The molecule has 0 radical (unpaired) electrons. The molecule has 2 saturated carbocycles. The van der Waals surface area contributed by atoms with E-state index in [9.17, 15) is 0 Å². The van der Waals surface area contributed by atoms with Crippen molar-refractivity contribution in [2.45, 2.75) is 38.1 Å². The van der Waals surface area contributed by atoms with Crippen LogP contribution in [0.15, 0.2) is 0 Å². The molecule has 2 aliphatic carbocycles. The summed E-state index contributed by atoms with van der Waals surface area (Å²) in [6, 6.07) is 0.843. The zero-order valence-corrected chi connectivity index (χ0v) is 9.85. The van der Waals surface area contributed by atoms with E-state index >= 15 is 0 Å². The van der Waals surface area contributed by atoms with E-state index < -0.39 is 0 Å². The minimum atomic E-state index is 0.593. The molecule has 2 fully saturated rings. The van der Waals surface area contributed by atoms with Crippen LogP contribution < -0.4 is 10.6 Å². The predicted octanol–water partition coefficient (Wildman–Crippen LogP) is 1.14. The van der Waals surface area contributed by atoms with Crippen LogP contribution in [-0.2, 0) is 4.74 Å². The van der Waals surface area contributed by atoms with Crippen LogP contribution in [0.5, 0.6) is 0 Å².